The molecule has 2 aliphatic rings. The Kier molecular flexibility index (Phi) is 3.20. The third-order valence-electron chi connectivity index (χ3n) is 2.88. The van der Waals surface area contributed by atoms with Gasteiger partial charge in [0.25, 0.3) is 0 Å². The van der Waals surface area contributed by atoms with Gasteiger partial charge in [0.05, 0.1) is 6.61 Å². The van der Waals surface area contributed by atoms with Crippen LogP contribution in [-0.4, -0.2) is 43.1 Å². The van der Waals surface area contributed by atoms with Gasteiger partial charge in [0.15, 0.2) is 0 Å². The summed E-state index contributed by atoms with van der Waals surface area (Å²) in [5.74, 6) is 0.258. The van der Waals surface area contributed by atoms with Gasteiger partial charge >= 0.3 is 6.03 Å². The molecule has 0 saturated carbocycles. The molecule has 2 fully saturated rings. The van der Waals surface area contributed by atoms with Crippen LogP contribution in [-0.2, 0) is 9.53 Å². The van der Waals surface area contributed by atoms with Crippen molar-refractivity contribution in [2.45, 2.75) is 19.3 Å². The number of carbonyl (C=O) groups is 2. The normalized spacial score (nSPS) is 27.7. The molecule has 0 aromatic rings. The number of hydrogen-bond donors (Lipinski definition) is 1. The molecule has 0 aliphatic carbocycles. The second-order valence-corrected chi connectivity index (χ2v) is 4.13. The van der Waals surface area contributed by atoms with Crippen molar-refractivity contribution in [2.75, 3.05) is 26.3 Å². The molecule has 0 bridgehead atoms. The van der Waals surface area contributed by atoms with E-state index in [2.05, 4.69) is 5.32 Å². The number of ether oxygens (including phenoxy) is 1. The molecule has 5 heteroatoms. The number of hydrogen-bond acceptors (Lipinski definition) is 3. The van der Waals surface area contributed by atoms with Crippen molar-refractivity contribution in [3.63, 3.8) is 0 Å². The fraction of sp³-hybridized carbons (Fsp3) is 0.800. The number of imide groups is 1. The Labute approximate surface area is 88.8 Å². The van der Waals surface area contributed by atoms with Crippen LogP contribution in [0.3, 0.4) is 0 Å². The Morgan fingerprint density at radius 1 is 1.47 bits per heavy atom. The average molecular weight is 212 g/mol. The Morgan fingerprint density at radius 3 is 3.00 bits per heavy atom. The van der Waals surface area contributed by atoms with E-state index in [1.807, 2.05) is 0 Å². The SMILES string of the molecule is O=C1CCN(CC2CCCOC2)C(=O)N1. The van der Waals surface area contributed by atoms with Crippen LogP contribution in [0.25, 0.3) is 0 Å². The van der Waals surface area contributed by atoms with Gasteiger partial charge in [-0.1, -0.05) is 0 Å². The molecule has 1 atom stereocenters. The molecular formula is C10H16N2O3. The van der Waals surface area contributed by atoms with Crippen molar-refractivity contribution in [3.8, 4) is 0 Å². The molecule has 0 radical (unpaired) electrons. The molecule has 1 unspecified atom stereocenters. The summed E-state index contributed by atoms with van der Waals surface area (Å²) >= 11 is 0. The van der Waals surface area contributed by atoms with Crippen LogP contribution < -0.4 is 5.32 Å². The van der Waals surface area contributed by atoms with Gasteiger partial charge in [-0.05, 0) is 12.8 Å². The standard InChI is InChI=1S/C10H16N2O3/c13-9-3-4-12(10(14)11-9)6-8-2-1-5-15-7-8/h8H,1-7H2,(H,11,13,14). The molecule has 2 heterocycles. The largest absolute Gasteiger partial charge is 0.381 e. The van der Waals surface area contributed by atoms with Gasteiger partial charge in [-0.3, -0.25) is 10.1 Å². The van der Waals surface area contributed by atoms with Gasteiger partial charge < -0.3 is 9.64 Å². The quantitative estimate of drug-likeness (QED) is 0.718. The maximum atomic E-state index is 11.4. The molecule has 2 rings (SSSR count). The lowest BCUT2D eigenvalue weighted by atomic mass is 10.0. The predicted octanol–water partition coefficient (Wildman–Crippen LogP) is 0.355. The molecule has 1 N–H and O–H groups in total. The fourth-order valence-corrected chi connectivity index (χ4v) is 2.04. The molecule has 15 heavy (non-hydrogen) atoms. The molecule has 0 spiro atoms. The van der Waals surface area contributed by atoms with Crippen LogP contribution in [0.4, 0.5) is 4.79 Å². The van der Waals surface area contributed by atoms with Crippen molar-refractivity contribution in [1.29, 1.82) is 0 Å². The van der Waals surface area contributed by atoms with E-state index in [0.717, 1.165) is 26.1 Å². The van der Waals surface area contributed by atoms with E-state index in [-0.39, 0.29) is 11.9 Å². The molecule has 3 amide bonds. The van der Waals surface area contributed by atoms with Crippen molar-refractivity contribution in [1.82, 2.24) is 10.2 Å². The van der Waals surface area contributed by atoms with Crippen molar-refractivity contribution >= 4 is 11.9 Å². The number of nitrogens with zero attached hydrogens (tertiary/aromatic N) is 1. The molecule has 2 aliphatic heterocycles. The number of carbonyl (C=O) groups excluding carboxylic acids is 2. The van der Waals surface area contributed by atoms with Gasteiger partial charge in [-0.2, -0.15) is 0 Å². The third-order valence-corrected chi connectivity index (χ3v) is 2.88. The highest BCUT2D eigenvalue weighted by atomic mass is 16.5. The van der Waals surface area contributed by atoms with E-state index in [1.165, 1.54) is 0 Å². The van der Waals surface area contributed by atoms with Crippen LogP contribution in [0.5, 0.6) is 0 Å². The molecule has 2 saturated heterocycles. The minimum absolute atomic E-state index is 0.170. The summed E-state index contributed by atoms with van der Waals surface area (Å²) in [6.07, 6.45) is 2.59. The molecule has 0 aromatic heterocycles. The summed E-state index contributed by atoms with van der Waals surface area (Å²) in [5.41, 5.74) is 0. The Balaban J connectivity index is 1.82. The van der Waals surface area contributed by atoms with Gasteiger partial charge in [0.1, 0.15) is 0 Å². The number of urea groups is 1. The van der Waals surface area contributed by atoms with E-state index in [1.54, 1.807) is 4.90 Å². The van der Waals surface area contributed by atoms with E-state index in [4.69, 9.17) is 4.74 Å². The first-order valence-electron chi connectivity index (χ1n) is 5.42. The summed E-state index contributed by atoms with van der Waals surface area (Å²) in [6.45, 7) is 2.82. The lowest BCUT2D eigenvalue weighted by molar-refractivity contribution is -0.121. The highest BCUT2D eigenvalue weighted by Crippen LogP contribution is 2.16. The monoisotopic (exact) mass is 212 g/mol. The minimum Gasteiger partial charge on any atom is -0.381 e. The second-order valence-electron chi connectivity index (χ2n) is 4.13. The average Bonchev–Trinajstić information content (AvgIpc) is 2.24. The lowest BCUT2D eigenvalue weighted by Gasteiger charge is -2.31. The van der Waals surface area contributed by atoms with E-state index < -0.39 is 0 Å². The van der Waals surface area contributed by atoms with Gasteiger partial charge in [0.2, 0.25) is 5.91 Å². The van der Waals surface area contributed by atoms with E-state index >= 15 is 0 Å². The first-order chi connectivity index (χ1) is 7.25. The second kappa shape index (κ2) is 4.61. The molecule has 5 nitrogen and oxygen atoms in total. The zero-order chi connectivity index (χ0) is 10.7. The molecular weight excluding hydrogens is 196 g/mol. The Hall–Kier alpha value is -1.10. The number of rotatable bonds is 2. The maximum Gasteiger partial charge on any atom is 0.324 e. The van der Waals surface area contributed by atoms with E-state index in [0.29, 0.717) is 25.4 Å². The summed E-state index contributed by atoms with van der Waals surface area (Å²) in [5, 5.41) is 2.33. The van der Waals surface area contributed by atoms with Crippen LogP contribution >= 0.6 is 0 Å². The van der Waals surface area contributed by atoms with Crippen molar-refractivity contribution in [3.05, 3.63) is 0 Å². The topological polar surface area (TPSA) is 58.6 Å². The first-order valence-corrected chi connectivity index (χ1v) is 5.42. The van der Waals surface area contributed by atoms with Crippen LogP contribution in [0.15, 0.2) is 0 Å². The van der Waals surface area contributed by atoms with Gasteiger partial charge in [-0.25, -0.2) is 4.79 Å². The fourth-order valence-electron chi connectivity index (χ4n) is 2.04. The molecule has 0 aromatic carbocycles. The number of amides is 3. The summed E-state index contributed by atoms with van der Waals surface area (Å²) in [4.78, 5) is 24.1. The Bertz CT molecular complexity index is 261. The third kappa shape index (κ3) is 2.68. The van der Waals surface area contributed by atoms with E-state index in [9.17, 15) is 9.59 Å². The van der Waals surface area contributed by atoms with Crippen LogP contribution in [0.2, 0.25) is 0 Å². The van der Waals surface area contributed by atoms with Crippen molar-refractivity contribution in [2.24, 2.45) is 5.92 Å². The Morgan fingerprint density at radius 2 is 2.33 bits per heavy atom. The maximum absolute atomic E-state index is 11.4. The smallest absolute Gasteiger partial charge is 0.324 e. The minimum atomic E-state index is -0.253. The zero-order valence-corrected chi connectivity index (χ0v) is 8.70. The van der Waals surface area contributed by atoms with Gasteiger partial charge in [0, 0.05) is 32.0 Å². The molecule has 84 valence electrons. The van der Waals surface area contributed by atoms with Crippen LogP contribution in [0.1, 0.15) is 19.3 Å². The first kappa shape index (κ1) is 10.4. The van der Waals surface area contributed by atoms with Crippen LogP contribution in [0, 0.1) is 5.92 Å². The lowest BCUT2D eigenvalue weighted by Crippen LogP contribution is -2.51. The van der Waals surface area contributed by atoms with Gasteiger partial charge in [-0.15, -0.1) is 0 Å². The summed E-state index contributed by atoms with van der Waals surface area (Å²) in [6, 6.07) is -0.253. The van der Waals surface area contributed by atoms with Crippen molar-refractivity contribution < 1.29 is 14.3 Å². The number of nitrogens with one attached hydrogen (secondary N) is 1. The zero-order valence-electron chi connectivity index (χ0n) is 8.70. The summed E-state index contributed by atoms with van der Waals surface area (Å²) in [7, 11) is 0. The summed E-state index contributed by atoms with van der Waals surface area (Å²) < 4.78 is 5.35. The highest BCUT2D eigenvalue weighted by Gasteiger charge is 2.26. The predicted molar refractivity (Wildman–Crippen MR) is 53.3 cm³/mol. The highest BCUT2D eigenvalue weighted by molar-refractivity contribution is 5.96.